The van der Waals surface area contributed by atoms with E-state index >= 15 is 0 Å². The molecule has 62 valence electrons. The van der Waals surface area contributed by atoms with Gasteiger partial charge in [-0.05, 0) is 6.42 Å². The molecule has 0 amide bonds. The second kappa shape index (κ2) is 4.46. The van der Waals surface area contributed by atoms with E-state index in [4.69, 9.17) is 4.74 Å². The van der Waals surface area contributed by atoms with E-state index in [1.165, 1.54) is 5.69 Å². The number of methoxy groups -OCH3 is 1. The van der Waals surface area contributed by atoms with E-state index in [1.807, 2.05) is 5.51 Å². The Morgan fingerprint density at radius 2 is 2.55 bits per heavy atom. The zero-order valence-corrected chi connectivity index (χ0v) is 7.73. The van der Waals surface area contributed by atoms with Gasteiger partial charge in [0.1, 0.15) is 0 Å². The van der Waals surface area contributed by atoms with Crippen LogP contribution in [-0.4, -0.2) is 18.7 Å². The molecule has 1 rings (SSSR count). The van der Waals surface area contributed by atoms with Crippen molar-refractivity contribution in [2.75, 3.05) is 13.7 Å². The van der Waals surface area contributed by atoms with Gasteiger partial charge in [0.05, 0.1) is 17.8 Å². The van der Waals surface area contributed by atoms with Crippen LogP contribution in [0.3, 0.4) is 0 Å². The number of rotatable bonds is 4. The highest BCUT2D eigenvalue weighted by Gasteiger charge is 2.09. The van der Waals surface area contributed by atoms with Crippen LogP contribution in [0.2, 0.25) is 0 Å². The van der Waals surface area contributed by atoms with Crippen molar-refractivity contribution in [2.24, 2.45) is 0 Å². The summed E-state index contributed by atoms with van der Waals surface area (Å²) in [6.45, 7) is 2.93. The molecule has 1 atom stereocenters. The largest absolute Gasteiger partial charge is 0.384 e. The Balaban J connectivity index is 2.56. The SMILES string of the molecule is CCC(COC)c1cscn1. The van der Waals surface area contributed by atoms with Gasteiger partial charge in [-0.1, -0.05) is 6.92 Å². The maximum Gasteiger partial charge on any atom is 0.0794 e. The number of ether oxygens (including phenoxy) is 1. The molecule has 2 nitrogen and oxygen atoms in total. The van der Waals surface area contributed by atoms with Crippen LogP contribution < -0.4 is 0 Å². The Morgan fingerprint density at radius 3 is 3.00 bits per heavy atom. The summed E-state index contributed by atoms with van der Waals surface area (Å²) in [4.78, 5) is 4.24. The number of hydrogen-bond acceptors (Lipinski definition) is 3. The van der Waals surface area contributed by atoms with Crippen molar-refractivity contribution in [1.29, 1.82) is 0 Å². The molecule has 0 fully saturated rings. The maximum atomic E-state index is 5.08. The summed E-state index contributed by atoms with van der Waals surface area (Å²) >= 11 is 1.64. The molecule has 0 saturated heterocycles. The average Bonchev–Trinajstić information content (AvgIpc) is 2.52. The van der Waals surface area contributed by atoms with Crippen molar-refractivity contribution < 1.29 is 4.74 Å². The van der Waals surface area contributed by atoms with Gasteiger partial charge in [0.25, 0.3) is 0 Å². The molecule has 0 spiro atoms. The Bertz CT molecular complexity index is 186. The lowest BCUT2D eigenvalue weighted by atomic mass is 10.1. The fraction of sp³-hybridized carbons (Fsp3) is 0.625. The van der Waals surface area contributed by atoms with Crippen molar-refractivity contribution in [3.05, 3.63) is 16.6 Å². The zero-order valence-electron chi connectivity index (χ0n) is 6.91. The van der Waals surface area contributed by atoms with E-state index in [0.717, 1.165) is 13.0 Å². The van der Waals surface area contributed by atoms with E-state index in [1.54, 1.807) is 18.4 Å². The number of thiazole rings is 1. The van der Waals surface area contributed by atoms with Crippen molar-refractivity contribution in [3.8, 4) is 0 Å². The fourth-order valence-electron chi connectivity index (χ4n) is 1.04. The Kier molecular flexibility index (Phi) is 3.52. The van der Waals surface area contributed by atoms with Gasteiger partial charge < -0.3 is 4.74 Å². The normalized spacial score (nSPS) is 13.3. The van der Waals surface area contributed by atoms with Gasteiger partial charge in [-0.3, -0.25) is 0 Å². The average molecular weight is 171 g/mol. The van der Waals surface area contributed by atoms with Crippen LogP contribution in [0.5, 0.6) is 0 Å². The monoisotopic (exact) mass is 171 g/mol. The smallest absolute Gasteiger partial charge is 0.0794 e. The second-order valence-electron chi connectivity index (χ2n) is 2.47. The van der Waals surface area contributed by atoms with Crippen molar-refractivity contribution in [2.45, 2.75) is 19.3 Å². The molecule has 1 unspecified atom stereocenters. The third kappa shape index (κ3) is 2.27. The van der Waals surface area contributed by atoms with Crippen molar-refractivity contribution >= 4 is 11.3 Å². The van der Waals surface area contributed by atoms with Gasteiger partial charge in [-0.25, -0.2) is 4.98 Å². The van der Waals surface area contributed by atoms with Crippen LogP contribution in [-0.2, 0) is 4.74 Å². The highest BCUT2D eigenvalue weighted by molar-refractivity contribution is 7.07. The molecule has 1 aromatic heterocycles. The highest BCUT2D eigenvalue weighted by Crippen LogP contribution is 2.18. The van der Waals surface area contributed by atoms with E-state index in [2.05, 4.69) is 17.3 Å². The van der Waals surface area contributed by atoms with Gasteiger partial charge in [0.2, 0.25) is 0 Å². The quantitative estimate of drug-likeness (QED) is 0.693. The molecule has 0 saturated carbocycles. The first kappa shape index (κ1) is 8.68. The lowest BCUT2D eigenvalue weighted by Crippen LogP contribution is -2.04. The molecule has 0 aliphatic carbocycles. The molecule has 1 aromatic rings. The highest BCUT2D eigenvalue weighted by atomic mass is 32.1. The van der Waals surface area contributed by atoms with E-state index in [-0.39, 0.29) is 0 Å². The summed E-state index contributed by atoms with van der Waals surface area (Å²) in [5.41, 5.74) is 3.03. The van der Waals surface area contributed by atoms with Crippen LogP contribution in [0, 0.1) is 0 Å². The predicted octanol–water partition coefficient (Wildman–Crippen LogP) is 2.28. The van der Waals surface area contributed by atoms with Crippen LogP contribution in [0.25, 0.3) is 0 Å². The maximum absolute atomic E-state index is 5.08. The summed E-state index contributed by atoms with van der Waals surface area (Å²) in [5.74, 6) is 0.478. The molecule has 11 heavy (non-hydrogen) atoms. The first-order chi connectivity index (χ1) is 5.38. The molecule has 0 aromatic carbocycles. The molecule has 0 bridgehead atoms. The van der Waals surface area contributed by atoms with Crippen molar-refractivity contribution in [1.82, 2.24) is 4.98 Å². The summed E-state index contributed by atoms with van der Waals surface area (Å²) in [6.07, 6.45) is 1.09. The van der Waals surface area contributed by atoms with E-state index < -0.39 is 0 Å². The fourth-order valence-corrected chi connectivity index (χ4v) is 1.67. The minimum Gasteiger partial charge on any atom is -0.384 e. The topological polar surface area (TPSA) is 22.1 Å². The van der Waals surface area contributed by atoms with Gasteiger partial charge in [0.15, 0.2) is 0 Å². The standard InChI is InChI=1S/C8H13NOS/c1-3-7(4-10-2)8-5-11-6-9-8/h5-7H,3-4H2,1-2H3. The summed E-state index contributed by atoms with van der Waals surface area (Å²) in [5, 5.41) is 2.09. The van der Waals surface area contributed by atoms with Crippen LogP contribution in [0.4, 0.5) is 0 Å². The minimum absolute atomic E-state index is 0.478. The molecule has 0 aliphatic heterocycles. The van der Waals surface area contributed by atoms with Crippen LogP contribution >= 0.6 is 11.3 Å². The summed E-state index contributed by atoms with van der Waals surface area (Å²) < 4.78 is 5.08. The minimum atomic E-state index is 0.478. The first-order valence-electron chi connectivity index (χ1n) is 3.75. The Labute approximate surface area is 71.2 Å². The van der Waals surface area contributed by atoms with E-state index in [0.29, 0.717) is 5.92 Å². The first-order valence-corrected chi connectivity index (χ1v) is 4.69. The molecule has 1 heterocycles. The van der Waals surface area contributed by atoms with Crippen LogP contribution in [0.1, 0.15) is 25.0 Å². The van der Waals surface area contributed by atoms with Gasteiger partial charge in [-0.2, -0.15) is 0 Å². The molecule has 3 heteroatoms. The van der Waals surface area contributed by atoms with Gasteiger partial charge >= 0.3 is 0 Å². The van der Waals surface area contributed by atoms with E-state index in [9.17, 15) is 0 Å². The molecule has 0 radical (unpaired) electrons. The van der Waals surface area contributed by atoms with Crippen molar-refractivity contribution in [3.63, 3.8) is 0 Å². The number of nitrogens with zero attached hydrogens (tertiary/aromatic N) is 1. The third-order valence-corrected chi connectivity index (χ3v) is 2.34. The molecular formula is C8H13NOS. The summed E-state index contributed by atoms with van der Waals surface area (Å²) in [6, 6.07) is 0. The second-order valence-corrected chi connectivity index (χ2v) is 3.19. The summed E-state index contributed by atoms with van der Waals surface area (Å²) in [7, 11) is 1.73. The number of hydrogen-bond donors (Lipinski definition) is 0. The lowest BCUT2D eigenvalue weighted by molar-refractivity contribution is 0.176. The van der Waals surface area contributed by atoms with Crippen LogP contribution in [0.15, 0.2) is 10.9 Å². The molecule has 0 N–H and O–H groups in total. The van der Waals surface area contributed by atoms with Gasteiger partial charge in [-0.15, -0.1) is 11.3 Å². The predicted molar refractivity (Wildman–Crippen MR) is 47.0 cm³/mol. The Hall–Kier alpha value is -0.410. The molecular weight excluding hydrogens is 158 g/mol. The lowest BCUT2D eigenvalue weighted by Gasteiger charge is -2.09. The Morgan fingerprint density at radius 1 is 1.73 bits per heavy atom. The zero-order chi connectivity index (χ0) is 8.10. The molecule has 0 aliphatic rings. The van der Waals surface area contributed by atoms with Gasteiger partial charge in [0, 0.05) is 18.4 Å². The third-order valence-electron chi connectivity index (χ3n) is 1.73. The number of aromatic nitrogens is 1.